The van der Waals surface area contributed by atoms with Gasteiger partial charge in [0.25, 0.3) is 0 Å². The lowest BCUT2D eigenvalue weighted by molar-refractivity contribution is -0.125. The van der Waals surface area contributed by atoms with E-state index in [4.69, 9.17) is 0 Å². The van der Waals surface area contributed by atoms with Crippen LogP contribution in [0, 0.1) is 19.8 Å². The Labute approximate surface area is 128 Å². The van der Waals surface area contributed by atoms with Gasteiger partial charge in [-0.05, 0) is 32.3 Å². The molecular formula is C15H20N4OS. The summed E-state index contributed by atoms with van der Waals surface area (Å²) in [6.07, 6.45) is 3.42. The van der Waals surface area contributed by atoms with Gasteiger partial charge in [-0.2, -0.15) is 0 Å². The van der Waals surface area contributed by atoms with E-state index in [1.165, 1.54) is 15.8 Å². The zero-order chi connectivity index (χ0) is 15.0. The largest absolute Gasteiger partial charge is 0.359 e. The van der Waals surface area contributed by atoms with Crippen molar-refractivity contribution in [2.75, 3.05) is 25.0 Å². The zero-order valence-corrected chi connectivity index (χ0v) is 13.5. The van der Waals surface area contributed by atoms with Crippen LogP contribution in [0.25, 0.3) is 10.2 Å². The summed E-state index contributed by atoms with van der Waals surface area (Å²) >= 11 is 1.72. The van der Waals surface area contributed by atoms with E-state index in [0.29, 0.717) is 0 Å². The Kier molecular flexibility index (Phi) is 3.80. The van der Waals surface area contributed by atoms with Gasteiger partial charge in [-0.3, -0.25) is 4.79 Å². The first-order chi connectivity index (χ1) is 10.1. The van der Waals surface area contributed by atoms with Crippen LogP contribution < -0.4 is 10.2 Å². The molecule has 0 atom stereocenters. The number of rotatable bonds is 2. The van der Waals surface area contributed by atoms with Crippen molar-refractivity contribution < 1.29 is 4.79 Å². The van der Waals surface area contributed by atoms with E-state index in [9.17, 15) is 4.79 Å². The van der Waals surface area contributed by atoms with Crippen molar-refractivity contribution in [3.63, 3.8) is 0 Å². The molecule has 1 aliphatic rings. The molecule has 1 aliphatic heterocycles. The van der Waals surface area contributed by atoms with Crippen molar-refractivity contribution >= 4 is 33.3 Å². The average Bonchev–Trinajstić information content (AvgIpc) is 2.81. The number of thiophene rings is 1. The fourth-order valence-corrected chi connectivity index (χ4v) is 3.95. The van der Waals surface area contributed by atoms with Gasteiger partial charge in [-0.25, -0.2) is 9.97 Å². The average molecular weight is 304 g/mol. The lowest BCUT2D eigenvalue weighted by Crippen LogP contribution is -2.40. The molecule has 21 heavy (non-hydrogen) atoms. The van der Waals surface area contributed by atoms with Gasteiger partial charge in [0.2, 0.25) is 5.91 Å². The van der Waals surface area contributed by atoms with Gasteiger partial charge >= 0.3 is 0 Å². The van der Waals surface area contributed by atoms with Crippen LogP contribution in [-0.4, -0.2) is 36.0 Å². The Bertz CT molecular complexity index is 674. The maximum absolute atomic E-state index is 11.7. The van der Waals surface area contributed by atoms with Crippen LogP contribution in [0.1, 0.15) is 23.3 Å². The Morgan fingerprint density at radius 3 is 2.71 bits per heavy atom. The van der Waals surface area contributed by atoms with Gasteiger partial charge in [0.05, 0.1) is 5.39 Å². The number of aryl methyl sites for hydroxylation is 2. The SMILES string of the molecule is CNC(=O)C1CCN(c2ncnc3sc(C)c(C)c23)CC1. The van der Waals surface area contributed by atoms with E-state index in [-0.39, 0.29) is 11.8 Å². The number of piperidine rings is 1. The first-order valence-electron chi connectivity index (χ1n) is 7.29. The molecule has 0 spiro atoms. The van der Waals surface area contributed by atoms with Crippen LogP contribution in [0.3, 0.4) is 0 Å². The summed E-state index contributed by atoms with van der Waals surface area (Å²) in [7, 11) is 1.71. The van der Waals surface area contributed by atoms with Crippen LogP contribution in [0.4, 0.5) is 5.82 Å². The highest BCUT2D eigenvalue weighted by Gasteiger charge is 2.26. The van der Waals surface area contributed by atoms with Gasteiger partial charge < -0.3 is 10.2 Å². The summed E-state index contributed by atoms with van der Waals surface area (Å²) in [5.74, 6) is 1.32. The van der Waals surface area contributed by atoms with Crippen molar-refractivity contribution in [2.45, 2.75) is 26.7 Å². The van der Waals surface area contributed by atoms with Crippen LogP contribution in [0.5, 0.6) is 0 Å². The molecule has 2 aromatic heterocycles. The molecule has 1 N–H and O–H groups in total. The minimum absolute atomic E-state index is 0.133. The highest BCUT2D eigenvalue weighted by molar-refractivity contribution is 7.18. The van der Waals surface area contributed by atoms with Crippen molar-refractivity contribution in [1.29, 1.82) is 0 Å². The Hall–Kier alpha value is -1.69. The quantitative estimate of drug-likeness (QED) is 0.924. The van der Waals surface area contributed by atoms with Crippen molar-refractivity contribution in [3.8, 4) is 0 Å². The molecule has 0 saturated carbocycles. The molecule has 0 unspecified atom stereocenters. The van der Waals surface area contributed by atoms with E-state index >= 15 is 0 Å². The lowest BCUT2D eigenvalue weighted by atomic mass is 9.96. The summed E-state index contributed by atoms with van der Waals surface area (Å²) < 4.78 is 0. The van der Waals surface area contributed by atoms with Gasteiger partial charge in [0.15, 0.2) is 0 Å². The van der Waals surface area contributed by atoms with Crippen LogP contribution in [-0.2, 0) is 4.79 Å². The molecule has 3 rings (SSSR count). The fraction of sp³-hybridized carbons (Fsp3) is 0.533. The number of amides is 1. The number of carbonyl (C=O) groups is 1. The van der Waals surface area contributed by atoms with Gasteiger partial charge in [0, 0.05) is 30.9 Å². The van der Waals surface area contributed by atoms with Crippen molar-refractivity contribution in [2.24, 2.45) is 5.92 Å². The van der Waals surface area contributed by atoms with Gasteiger partial charge in [-0.15, -0.1) is 11.3 Å². The zero-order valence-electron chi connectivity index (χ0n) is 12.6. The number of hydrogen-bond acceptors (Lipinski definition) is 5. The molecule has 3 heterocycles. The van der Waals surface area contributed by atoms with Gasteiger partial charge in [-0.1, -0.05) is 0 Å². The van der Waals surface area contributed by atoms with Crippen molar-refractivity contribution in [3.05, 3.63) is 16.8 Å². The van der Waals surface area contributed by atoms with Gasteiger partial charge in [0.1, 0.15) is 17.0 Å². The third-order valence-electron chi connectivity index (χ3n) is 4.36. The Balaban J connectivity index is 1.87. The summed E-state index contributed by atoms with van der Waals surface area (Å²) in [4.78, 5) is 25.3. The maximum atomic E-state index is 11.7. The number of fused-ring (bicyclic) bond motifs is 1. The predicted molar refractivity (Wildman–Crippen MR) is 85.9 cm³/mol. The van der Waals surface area contributed by atoms with E-state index in [1.807, 2.05) is 0 Å². The molecular weight excluding hydrogens is 284 g/mol. The van der Waals surface area contributed by atoms with E-state index < -0.39 is 0 Å². The highest BCUT2D eigenvalue weighted by atomic mass is 32.1. The molecule has 1 saturated heterocycles. The lowest BCUT2D eigenvalue weighted by Gasteiger charge is -2.32. The standard InChI is InChI=1S/C15H20N4OS/c1-9-10(2)21-15-12(9)13(17-8-18-15)19-6-4-11(5-7-19)14(20)16-3/h8,11H,4-7H2,1-3H3,(H,16,20). The molecule has 0 aliphatic carbocycles. The molecule has 1 amide bonds. The summed E-state index contributed by atoms with van der Waals surface area (Å²) in [5.41, 5.74) is 1.28. The smallest absolute Gasteiger partial charge is 0.222 e. The number of anilines is 1. The summed E-state index contributed by atoms with van der Waals surface area (Å²) in [6, 6.07) is 0. The molecule has 2 aromatic rings. The third kappa shape index (κ3) is 2.48. The summed E-state index contributed by atoms with van der Waals surface area (Å²) in [5, 5.41) is 3.93. The summed E-state index contributed by atoms with van der Waals surface area (Å²) in [6.45, 7) is 6.01. The molecule has 1 fully saturated rings. The van der Waals surface area contributed by atoms with Crippen LogP contribution in [0.15, 0.2) is 6.33 Å². The molecule has 5 nitrogen and oxygen atoms in total. The van der Waals surface area contributed by atoms with Crippen molar-refractivity contribution in [1.82, 2.24) is 15.3 Å². The number of nitrogens with zero attached hydrogens (tertiary/aromatic N) is 3. The minimum Gasteiger partial charge on any atom is -0.359 e. The number of aromatic nitrogens is 2. The number of carbonyl (C=O) groups excluding carboxylic acids is 1. The second-order valence-electron chi connectivity index (χ2n) is 5.54. The minimum atomic E-state index is 0.133. The molecule has 0 aromatic carbocycles. The van der Waals surface area contributed by atoms with Crippen LogP contribution >= 0.6 is 11.3 Å². The third-order valence-corrected chi connectivity index (χ3v) is 5.47. The number of hydrogen-bond donors (Lipinski definition) is 1. The maximum Gasteiger partial charge on any atom is 0.222 e. The molecule has 0 radical (unpaired) electrons. The highest BCUT2D eigenvalue weighted by Crippen LogP contribution is 2.35. The monoisotopic (exact) mass is 304 g/mol. The molecule has 112 valence electrons. The van der Waals surface area contributed by atoms with E-state index in [0.717, 1.165) is 36.6 Å². The second kappa shape index (κ2) is 5.60. The first kappa shape index (κ1) is 14.3. The second-order valence-corrected chi connectivity index (χ2v) is 6.74. The van der Waals surface area contributed by atoms with E-state index in [2.05, 4.69) is 34.0 Å². The first-order valence-corrected chi connectivity index (χ1v) is 8.10. The predicted octanol–water partition coefficient (Wildman–Crippen LogP) is 2.27. The van der Waals surface area contributed by atoms with Crippen LogP contribution in [0.2, 0.25) is 0 Å². The Morgan fingerprint density at radius 1 is 1.33 bits per heavy atom. The fourth-order valence-electron chi connectivity index (χ4n) is 2.96. The topological polar surface area (TPSA) is 58.1 Å². The normalized spacial score (nSPS) is 16.4. The molecule has 6 heteroatoms. The van der Waals surface area contributed by atoms with E-state index in [1.54, 1.807) is 24.7 Å². The Morgan fingerprint density at radius 2 is 2.05 bits per heavy atom. The number of nitrogens with one attached hydrogen (secondary N) is 1. The molecule has 0 bridgehead atoms.